The average Bonchev–Trinajstić information content (AvgIpc) is 2.81. The van der Waals surface area contributed by atoms with Gasteiger partial charge in [0, 0.05) is 12.0 Å². The molecule has 0 aliphatic heterocycles. The van der Waals surface area contributed by atoms with Crippen LogP contribution in [0.5, 0.6) is 0 Å². The summed E-state index contributed by atoms with van der Waals surface area (Å²) in [7, 11) is 1.94. The van der Waals surface area contributed by atoms with E-state index in [4.69, 9.17) is 9.52 Å². The van der Waals surface area contributed by atoms with Gasteiger partial charge < -0.3 is 14.6 Å². The molecule has 1 aromatic carbocycles. The second kappa shape index (κ2) is 7.24. The fourth-order valence-electron chi connectivity index (χ4n) is 2.44. The molecule has 5 nitrogen and oxygen atoms in total. The first-order valence-corrected chi connectivity index (χ1v) is 7.16. The van der Waals surface area contributed by atoms with Gasteiger partial charge in [0.1, 0.15) is 16.9 Å². The number of benzene rings is 1. The Kier molecular flexibility index (Phi) is 5.36. The number of para-hydroxylation sites is 1. The fourth-order valence-corrected chi connectivity index (χ4v) is 2.44. The Morgan fingerprint density at radius 3 is 2.71 bits per heavy atom. The number of fused-ring (bicyclic) bond motifs is 1. The SMILES string of the molecule is CN(CCCCCO)Cc1oc2ccccc2c1C(=O)O. The standard InChI is InChI=1S/C16H21NO4/c1-17(9-5-2-6-10-18)11-14-15(16(19)20)12-7-3-4-8-13(12)21-14/h3-4,7-8,18H,2,5-6,9-11H2,1H3,(H,19,20). The first-order valence-electron chi connectivity index (χ1n) is 7.16. The van der Waals surface area contributed by atoms with Crippen molar-refractivity contribution in [1.29, 1.82) is 0 Å². The number of hydrogen-bond acceptors (Lipinski definition) is 4. The summed E-state index contributed by atoms with van der Waals surface area (Å²) >= 11 is 0. The van der Waals surface area contributed by atoms with Crippen LogP contribution in [-0.2, 0) is 6.54 Å². The Morgan fingerprint density at radius 2 is 2.00 bits per heavy atom. The van der Waals surface area contributed by atoms with Crippen molar-refractivity contribution in [3.63, 3.8) is 0 Å². The molecular weight excluding hydrogens is 270 g/mol. The molecule has 0 radical (unpaired) electrons. The van der Waals surface area contributed by atoms with Crippen molar-refractivity contribution in [2.45, 2.75) is 25.8 Å². The van der Waals surface area contributed by atoms with E-state index < -0.39 is 5.97 Å². The largest absolute Gasteiger partial charge is 0.478 e. The van der Waals surface area contributed by atoms with E-state index in [0.29, 0.717) is 23.3 Å². The molecule has 0 fully saturated rings. The lowest BCUT2D eigenvalue weighted by atomic mass is 10.1. The minimum absolute atomic E-state index is 0.219. The quantitative estimate of drug-likeness (QED) is 0.732. The van der Waals surface area contributed by atoms with Crippen LogP contribution in [0.3, 0.4) is 0 Å². The first-order chi connectivity index (χ1) is 10.1. The number of carboxylic acids is 1. The van der Waals surface area contributed by atoms with Crippen molar-refractivity contribution in [2.24, 2.45) is 0 Å². The number of carboxylic acid groups (broad SMARTS) is 1. The Morgan fingerprint density at radius 1 is 1.24 bits per heavy atom. The summed E-state index contributed by atoms with van der Waals surface area (Å²) in [6.45, 7) is 1.53. The van der Waals surface area contributed by atoms with Crippen LogP contribution in [0, 0.1) is 0 Å². The third-order valence-electron chi connectivity index (χ3n) is 3.49. The monoisotopic (exact) mass is 291 g/mol. The van der Waals surface area contributed by atoms with Gasteiger partial charge >= 0.3 is 5.97 Å². The minimum Gasteiger partial charge on any atom is -0.478 e. The number of unbranched alkanes of at least 4 members (excludes halogenated alkanes) is 2. The number of aliphatic hydroxyl groups excluding tert-OH is 1. The molecule has 0 atom stereocenters. The summed E-state index contributed by atoms with van der Waals surface area (Å²) in [6.07, 6.45) is 2.74. The van der Waals surface area contributed by atoms with E-state index >= 15 is 0 Å². The minimum atomic E-state index is -0.955. The smallest absolute Gasteiger partial charge is 0.339 e. The van der Waals surface area contributed by atoms with Gasteiger partial charge in [0.2, 0.25) is 0 Å². The molecule has 0 aliphatic rings. The number of aliphatic hydroxyl groups is 1. The summed E-state index contributed by atoms with van der Waals surface area (Å²) in [5, 5.41) is 18.8. The van der Waals surface area contributed by atoms with E-state index in [1.807, 2.05) is 24.1 Å². The molecule has 5 heteroatoms. The third-order valence-corrected chi connectivity index (χ3v) is 3.49. The van der Waals surface area contributed by atoms with Gasteiger partial charge in [0.05, 0.1) is 6.54 Å². The maximum atomic E-state index is 11.5. The highest BCUT2D eigenvalue weighted by Crippen LogP contribution is 2.26. The van der Waals surface area contributed by atoms with Crippen molar-refractivity contribution in [1.82, 2.24) is 4.90 Å². The highest BCUT2D eigenvalue weighted by Gasteiger charge is 2.20. The van der Waals surface area contributed by atoms with Gasteiger partial charge in [-0.3, -0.25) is 4.90 Å². The summed E-state index contributed by atoms with van der Waals surface area (Å²) in [5.41, 5.74) is 0.867. The predicted molar refractivity (Wildman–Crippen MR) is 80.4 cm³/mol. The van der Waals surface area contributed by atoms with Crippen molar-refractivity contribution >= 4 is 16.9 Å². The molecule has 0 aliphatic carbocycles. The molecule has 0 unspecified atom stereocenters. The molecule has 21 heavy (non-hydrogen) atoms. The summed E-state index contributed by atoms with van der Waals surface area (Å²) in [6, 6.07) is 7.20. The van der Waals surface area contributed by atoms with Gasteiger partial charge in [-0.25, -0.2) is 4.79 Å². The second-order valence-corrected chi connectivity index (χ2v) is 5.22. The lowest BCUT2D eigenvalue weighted by Crippen LogP contribution is -2.20. The molecule has 0 saturated heterocycles. The summed E-state index contributed by atoms with van der Waals surface area (Å²) in [4.78, 5) is 13.5. The van der Waals surface area contributed by atoms with Crippen LogP contribution in [0.2, 0.25) is 0 Å². The molecule has 0 bridgehead atoms. The molecule has 2 aromatic rings. The highest BCUT2D eigenvalue weighted by atomic mass is 16.4. The predicted octanol–water partition coefficient (Wildman–Crippen LogP) is 2.73. The number of hydrogen-bond donors (Lipinski definition) is 2. The van der Waals surface area contributed by atoms with Crippen LogP contribution in [0.1, 0.15) is 35.4 Å². The van der Waals surface area contributed by atoms with Crippen molar-refractivity contribution in [2.75, 3.05) is 20.2 Å². The Bertz CT molecular complexity index is 605. The Labute approximate surface area is 123 Å². The lowest BCUT2D eigenvalue weighted by Gasteiger charge is -2.15. The average molecular weight is 291 g/mol. The van der Waals surface area contributed by atoms with E-state index in [0.717, 1.165) is 25.8 Å². The van der Waals surface area contributed by atoms with E-state index in [2.05, 4.69) is 0 Å². The normalized spacial score (nSPS) is 11.4. The van der Waals surface area contributed by atoms with E-state index in [1.165, 1.54) is 0 Å². The molecule has 2 rings (SSSR count). The molecular formula is C16H21NO4. The van der Waals surface area contributed by atoms with Crippen molar-refractivity contribution in [3.8, 4) is 0 Å². The van der Waals surface area contributed by atoms with Crippen molar-refractivity contribution in [3.05, 3.63) is 35.6 Å². The molecule has 1 aromatic heterocycles. The molecule has 0 spiro atoms. The molecule has 114 valence electrons. The van der Waals surface area contributed by atoms with Crippen LogP contribution < -0.4 is 0 Å². The van der Waals surface area contributed by atoms with Crippen LogP contribution in [-0.4, -0.2) is 41.3 Å². The van der Waals surface area contributed by atoms with Gasteiger partial charge in [-0.05, 0) is 38.9 Å². The number of carbonyl (C=O) groups is 1. The third kappa shape index (κ3) is 3.83. The van der Waals surface area contributed by atoms with Gasteiger partial charge in [-0.1, -0.05) is 18.2 Å². The van der Waals surface area contributed by atoms with Crippen LogP contribution >= 0.6 is 0 Å². The molecule has 2 N–H and O–H groups in total. The molecule has 0 saturated carbocycles. The van der Waals surface area contributed by atoms with Crippen molar-refractivity contribution < 1.29 is 19.4 Å². The van der Waals surface area contributed by atoms with E-state index in [9.17, 15) is 9.90 Å². The fraction of sp³-hybridized carbons (Fsp3) is 0.438. The maximum absolute atomic E-state index is 11.5. The topological polar surface area (TPSA) is 73.9 Å². The van der Waals surface area contributed by atoms with E-state index in [-0.39, 0.29) is 12.2 Å². The molecule has 0 amide bonds. The van der Waals surface area contributed by atoms with Gasteiger partial charge in [-0.15, -0.1) is 0 Å². The maximum Gasteiger partial charge on any atom is 0.339 e. The number of aromatic carboxylic acids is 1. The zero-order valence-corrected chi connectivity index (χ0v) is 12.2. The number of rotatable bonds is 8. The highest BCUT2D eigenvalue weighted by molar-refractivity contribution is 6.03. The van der Waals surface area contributed by atoms with E-state index in [1.54, 1.807) is 12.1 Å². The lowest BCUT2D eigenvalue weighted by molar-refractivity contribution is 0.0695. The van der Waals surface area contributed by atoms with Crippen LogP contribution in [0.15, 0.2) is 28.7 Å². The number of furan rings is 1. The number of nitrogens with zero attached hydrogens (tertiary/aromatic N) is 1. The zero-order chi connectivity index (χ0) is 15.2. The molecule has 1 heterocycles. The zero-order valence-electron chi connectivity index (χ0n) is 12.2. The van der Waals surface area contributed by atoms with Crippen LogP contribution in [0.25, 0.3) is 11.0 Å². The Balaban J connectivity index is 2.10. The summed E-state index contributed by atoms with van der Waals surface area (Å²) in [5.74, 6) is -0.461. The first kappa shape index (κ1) is 15.5. The van der Waals surface area contributed by atoms with Gasteiger partial charge in [-0.2, -0.15) is 0 Å². The van der Waals surface area contributed by atoms with Gasteiger partial charge in [0.25, 0.3) is 0 Å². The van der Waals surface area contributed by atoms with Gasteiger partial charge in [0.15, 0.2) is 0 Å². The summed E-state index contributed by atoms with van der Waals surface area (Å²) < 4.78 is 5.70. The van der Waals surface area contributed by atoms with Crippen LogP contribution in [0.4, 0.5) is 0 Å². The second-order valence-electron chi connectivity index (χ2n) is 5.22. The Hall–Kier alpha value is -1.85.